The maximum Gasteiger partial charge on any atom is 0.259 e. The highest BCUT2D eigenvalue weighted by atomic mass is 32.1. The molecule has 0 aliphatic carbocycles. The quantitative estimate of drug-likeness (QED) is 0.849. The zero-order chi connectivity index (χ0) is 19.4. The van der Waals surface area contributed by atoms with E-state index in [0.29, 0.717) is 26.1 Å². The number of piperidine rings is 1. The molecular formula is C19H21F2N3O2S. The lowest BCUT2D eigenvalue weighted by molar-refractivity contribution is -0.118. The molecule has 1 aromatic heterocycles. The molecule has 2 heterocycles. The van der Waals surface area contributed by atoms with E-state index in [4.69, 9.17) is 0 Å². The van der Waals surface area contributed by atoms with Gasteiger partial charge in [0, 0.05) is 44.3 Å². The highest BCUT2D eigenvalue weighted by Gasteiger charge is 2.30. The number of hydrogen-bond acceptors (Lipinski definition) is 4. The summed E-state index contributed by atoms with van der Waals surface area (Å²) in [6.45, 7) is 2.87. The Hall–Kier alpha value is -2.35. The van der Waals surface area contributed by atoms with E-state index < -0.39 is 23.1 Å². The lowest BCUT2D eigenvalue weighted by Crippen LogP contribution is -2.39. The lowest BCUT2D eigenvalue weighted by atomic mass is 9.98. The Bertz CT molecular complexity index is 820. The smallest absolute Gasteiger partial charge is 0.259 e. The second-order valence-corrected chi connectivity index (χ2v) is 7.49. The molecule has 5 nitrogen and oxygen atoms in total. The van der Waals surface area contributed by atoms with Gasteiger partial charge in [0.1, 0.15) is 17.2 Å². The van der Waals surface area contributed by atoms with E-state index >= 15 is 0 Å². The molecule has 0 spiro atoms. The SMILES string of the molecule is CC(=O)NCCc1csc(C2CCCN(C(=O)c3c(F)cccc3F)C2)n1. The lowest BCUT2D eigenvalue weighted by Gasteiger charge is -2.32. The molecule has 8 heteroatoms. The molecule has 3 rings (SSSR count). The van der Waals surface area contributed by atoms with Crippen molar-refractivity contribution in [1.82, 2.24) is 15.2 Å². The topological polar surface area (TPSA) is 62.3 Å². The fourth-order valence-corrected chi connectivity index (χ4v) is 4.20. The summed E-state index contributed by atoms with van der Waals surface area (Å²) in [6.07, 6.45) is 2.28. The van der Waals surface area contributed by atoms with Gasteiger partial charge in [0.15, 0.2) is 0 Å². The molecule has 0 saturated carbocycles. The van der Waals surface area contributed by atoms with Crippen LogP contribution in [0.3, 0.4) is 0 Å². The van der Waals surface area contributed by atoms with Crippen molar-refractivity contribution in [2.45, 2.75) is 32.1 Å². The van der Waals surface area contributed by atoms with Crippen LogP contribution in [0.5, 0.6) is 0 Å². The number of thiazole rings is 1. The Morgan fingerprint density at radius 3 is 2.78 bits per heavy atom. The molecule has 144 valence electrons. The Morgan fingerprint density at radius 2 is 2.07 bits per heavy atom. The molecule has 0 bridgehead atoms. The summed E-state index contributed by atoms with van der Waals surface area (Å²) in [5, 5.41) is 5.60. The summed E-state index contributed by atoms with van der Waals surface area (Å²) in [5.74, 6) is -2.31. The van der Waals surface area contributed by atoms with Crippen LogP contribution in [0.1, 0.15) is 46.7 Å². The molecule has 1 N–H and O–H groups in total. The minimum absolute atomic E-state index is 0.0528. The molecule has 27 heavy (non-hydrogen) atoms. The molecular weight excluding hydrogens is 372 g/mol. The second kappa shape index (κ2) is 8.56. The largest absolute Gasteiger partial charge is 0.356 e. The van der Waals surface area contributed by atoms with Crippen LogP contribution in [0, 0.1) is 11.6 Å². The monoisotopic (exact) mass is 393 g/mol. The standard InChI is InChI=1S/C19H21F2N3O2S/c1-12(25)22-8-7-14-11-27-18(23-14)13-4-3-9-24(10-13)19(26)17-15(20)5-2-6-16(17)21/h2,5-6,11,13H,3-4,7-10H2,1H3,(H,22,25). The number of carbonyl (C=O) groups excluding carboxylic acids is 2. The molecule has 1 aliphatic heterocycles. The summed E-state index contributed by atoms with van der Waals surface area (Å²) < 4.78 is 27.9. The Morgan fingerprint density at radius 1 is 1.33 bits per heavy atom. The van der Waals surface area contributed by atoms with Crippen molar-refractivity contribution < 1.29 is 18.4 Å². The molecule has 1 saturated heterocycles. The van der Waals surface area contributed by atoms with Crippen molar-refractivity contribution >= 4 is 23.2 Å². The molecule has 2 aromatic rings. The van der Waals surface area contributed by atoms with E-state index in [1.54, 1.807) is 0 Å². The number of amides is 2. The predicted molar refractivity (Wildman–Crippen MR) is 98.7 cm³/mol. The van der Waals surface area contributed by atoms with Gasteiger partial charge >= 0.3 is 0 Å². The van der Waals surface area contributed by atoms with E-state index in [0.717, 1.165) is 35.7 Å². The first-order chi connectivity index (χ1) is 13.0. The van der Waals surface area contributed by atoms with Crippen LogP contribution in [0.4, 0.5) is 8.78 Å². The van der Waals surface area contributed by atoms with Crippen LogP contribution in [-0.2, 0) is 11.2 Å². The van der Waals surface area contributed by atoms with E-state index in [1.807, 2.05) is 5.38 Å². The van der Waals surface area contributed by atoms with Gasteiger partial charge in [0.25, 0.3) is 5.91 Å². The summed E-state index contributed by atoms with van der Waals surface area (Å²) >= 11 is 1.52. The van der Waals surface area contributed by atoms with Crippen molar-refractivity contribution in [2.24, 2.45) is 0 Å². The van der Waals surface area contributed by atoms with E-state index in [1.165, 1.54) is 29.2 Å². The molecule has 1 fully saturated rings. The highest BCUT2D eigenvalue weighted by molar-refractivity contribution is 7.09. The van der Waals surface area contributed by atoms with Crippen molar-refractivity contribution in [3.05, 3.63) is 51.5 Å². The number of benzene rings is 1. The van der Waals surface area contributed by atoms with Crippen molar-refractivity contribution in [3.8, 4) is 0 Å². The molecule has 1 unspecified atom stereocenters. The first kappa shape index (κ1) is 19.4. The average Bonchev–Trinajstić information content (AvgIpc) is 3.10. The number of likely N-dealkylation sites (tertiary alicyclic amines) is 1. The van der Waals surface area contributed by atoms with Gasteiger partial charge in [-0.05, 0) is 25.0 Å². The van der Waals surface area contributed by atoms with Crippen LogP contribution in [0.2, 0.25) is 0 Å². The molecule has 2 amide bonds. The van der Waals surface area contributed by atoms with Gasteiger partial charge in [-0.1, -0.05) is 6.07 Å². The first-order valence-electron chi connectivity index (χ1n) is 8.87. The van der Waals surface area contributed by atoms with Crippen LogP contribution >= 0.6 is 11.3 Å². The van der Waals surface area contributed by atoms with Crippen molar-refractivity contribution in [2.75, 3.05) is 19.6 Å². The summed E-state index contributed by atoms with van der Waals surface area (Å²) in [6, 6.07) is 3.44. The fraction of sp³-hybridized carbons (Fsp3) is 0.421. The van der Waals surface area contributed by atoms with Gasteiger partial charge in [-0.15, -0.1) is 11.3 Å². The Labute approximate surface area is 160 Å². The van der Waals surface area contributed by atoms with E-state index in [-0.39, 0.29) is 11.8 Å². The van der Waals surface area contributed by atoms with Crippen molar-refractivity contribution in [1.29, 1.82) is 0 Å². The normalized spacial score (nSPS) is 17.0. The van der Waals surface area contributed by atoms with Crippen molar-refractivity contribution in [3.63, 3.8) is 0 Å². The molecule has 0 radical (unpaired) electrons. The number of carbonyl (C=O) groups is 2. The summed E-state index contributed by atoms with van der Waals surface area (Å²) in [4.78, 5) is 29.7. The summed E-state index contributed by atoms with van der Waals surface area (Å²) in [5.41, 5.74) is 0.403. The van der Waals surface area contributed by atoms with Gasteiger partial charge in [-0.2, -0.15) is 0 Å². The third kappa shape index (κ3) is 4.68. The molecule has 1 atom stereocenters. The maximum atomic E-state index is 13.9. The first-order valence-corrected chi connectivity index (χ1v) is 9.75. The van der Waals surface area contributed by atoms with Gasteiger partial charge < -0.3 is 10.2 Å². The van der Waals surface area contributed by atoms with Crippen LogP contribution in [0.25, 0.3) is 0 Å². The van der Waals surface area contributed by atoms with Gasteiger partial charge in [-0.3, -0.25) is 9.59 Å². The van der Waals surface area contributed by atoms with Crippen LogP contribution in [0.15, 0.2) is 23.6 Å². The van der Waals surface area contributed by atoms with Gasteiger partial charge in [0.05, 0.1) is 10.7 Å². The number of rotatable bonds is 5. The van der Waals surface area contributed by atoms with Gasteiger partial charge in [-0.25, -0.2) is 13.8 Å². The van der Waals surface area contributed by atoms with Crippen LogP contribution < -0.4 is 5.32 Å². The van der Waals surface area contributed by atoms with E-state index in [9.17, 15) is 18.4 Å². The Kier molecular flexibility index (Phi) is 6.15. The number of nitrogens with one attached hydrogen (secondary N) is 1. The average molecular weight is 393 g/mol. The van der Waals surface area contributed by atoms with Gasteiger partial charge in [0.2, 0.25) is 5.91 Å². The Balaban J connectivity index is 1.67. The number of hydrogen-bond donors (Lipinski definition) is 1. The minimum atomic E-state index is -0.836. The van der Waals surface area contributed by atoms with E-state index in [2.05, 4.69) is 10.3 Å². The second-order valence-electron chi connectivity index (χ2n) is 6.60. The molecule has 1 aromatic carbocycles. The fourth-order valence-electron chi connectivity index (χ4n) is 3.21. The zero-order valence-electron chi connectivity index (χ0n) is 15.0. The third-order valence-corrected chi connectivity index (χ3v) is 5.62. The van der Waals surface area contributed by atoms with Crippen LogP contribution in [-0.4, -0.2) is 41.3 Å². The molecule has 1 aliphatic rings. The minimum Gasteiger partial charge on any atom is -0.356 e. The highest BCUT2D eigenvalue weighted by Crippen LogP contribution is 2.30. The summed E-state index contributed by atoms with van der Waals surface area (Å²) in [7, 11) is 0. The number of nitrogens with zero attached hydrogens (tertiary/aromatic N) is 2. The maximum absolute atomic E-state index is 13.9. The number of aromatic nitrogens is 1. The number of halogens is 2. The third-order valence-electron chi connectivity index (χ3n) is 4.56. The zero-order valence-corrected chi connectivity index (χ0v) is 15.8. The predicted octanol–water partition coefficient (Wildman–Crippen LogP) is 3.12.